The van der Waals surface area contributed by atoms with Gasteiger partial charge in [0.15, 0.2) is 18.1 Å². The SMILES string of the molecule is COc1cc(/C=N/NC(=O)COc2cccc3ccccc23)ccc1OC(=O)c1ccc(C)cc1. The molecule has 0 spiro atoms. The fourth-order valence-electron chi connectivity index (χ4n) is 3.37. The van der Waals surface area contributed by atoms with Crippen LogP contribution in [-0.4, -0.2) is 31.8 Å². The van der Waals surface area contributed by atoms with E-state index in [1.165, 1.54) is 13.3 Å². The normalized spacial score (nSPS) is 10.8. The molecule has 0 saturated heterocycles. The molecule has 4 rings (SSSR count). The average Bonchev–Trinajstić information content (AvgIpc) is 2.88. The van der Waals surface area contributed by atoms with E-state index in [1.54, 1.807) is 30.3 Å². The second kappa shape index (κ2) is 11.0. The van der Waals surface area contributed by atoms with Crippen LogP contribution in [0.3, 0.4) is 0 Å². The van der Waals surface area contributed by atoms with Crippen molar-refractivity contribution < 1.29 is 23.8 Å². The first kappa shape index (κ1) is 23.5. The molecule has 7 nitrogen and oxygen atoms in total. The molecule has 4 aromatic rings. The Morgan fingerprint density at radius 1 is 0.886 bits per heavy atom. The van der Waals surface area contributed by atoms with Crippen LogP contribution in [0.2, 0.25) is 0 Å². The highest BCUT2D eigenvalue weighted by atomic mass is 16.6. The molecular weight excluding hydrogens is 444 g/mol. The van der Waals surface area contributed by atoms with Crippen molar-refractivity contribution in [2.75, 3.05) is 13.7 Å². The number of nitrogens with zero attached hydrogens (tertiary/aromatic N) is 1. The number of carbonyl (C=O) groups excluding carboxylic acids is 2. The minimum Gasteiger partial charge on any atom is -0.493 e. The van der Waals surface area contributed by atoms with Gasteiger partial charge in [0, 0.05) is 5.39 Å². The Morgan fingerprint density at radius 2 is 1.66 bits per heavy atom. The predicted molar refractivity (Wildman–Crippen MR) is 134 cm³/mol. The van der Waals surface area contributed by atoms with Crippen molar-refractivity contribution in [2.24, 2.45) is 5.10 Å². The van der Waals surface area contributed by atoms with Crippen LogP contribution in [0.5, 0.6) is 17.2 Å². The topological polar surface area (TPSA) is 86.2 Å². The van der Waals surface area contributed by atoms with Gasteiger partial charge in [-0.25, -0.2) is 10.2 Å². The summed E-state index contributed by atoms with van der Waals surface area (Å²) in [7, 11) is 1.48. The van der Waals surface area contributed by atoms with Gasteiger partial charge in [-0.2, -0.15) is 5.10 Å². The third-order valence-electron chi connectivity index (χ3n) is 5.19. The molecule has 4 aromatic carbocycles. The minimum atomic E-state index is -0.483. The molecule has 0 unspecified atom stereocenters. The summed E-state index contributed by atoms with van der Waals surface area (Å²) in [6.45, 7) is 1.77. The Labute approximate surface area is 202 Å². The molecule has 176 valence electrons. The highest BCUT2D eigenvalue weighted by Crippen LogP contribution is 2.28. The van der Waals surface area contributed by atoms with Crippen LogP contribution in [0.15, 0.2) is 90.0 Å². The van der Waals surface area contributed by atoms with Gasteiger partial charge in [0.05, 0.1) is 18.9 Å². The lowest BCUT2D eigenvalue weighted by Crippen LogP contribution is -2.24. The van der Waals surface area contributed by atoms with E-state index in [1.807, 2.05) is 61.5 Å². The molecule has 0 aromatic heterocycles. The lowest BCUT2D eigenvalue weighted by atomic mass is 10.1. The van der Waals surface area contributed by atoms with Gasteiger partial charge in [0.2, 0.25) is 0 Å². The summed E-state index contributed by atoms with van der Waals surface area (Å²) in [6, 6.07) is 25.5. The third-order valence-corrected chi connectivity index (χ3v) is 5.19. The fraction of sp³-hybridized carbons (Fsp3) is 0.107. The lowest BCUT2D eigenvalue weighted by Gasteiger charge is -2.10. The Bertz CT molecular complexity index is 1370. The number of hydrogen-bond acceptors (Lipinski definition) is 6. The Balaban J connectivity index is 1.34. The highest BCUT2D eigenvalue weighted by molar-refractivity contribution is 5.92. The van der Waals surface area contributed by atoms with Gasteiger partial charge >= 0.3 is 5.97 Å². The van der Waals surface area contributed by atoms with Crippen LogP contribution in [0.25, 0.3) is 10.8 Å². The molecule has 1 N–H and O–H groups in total. The molecule has 0 heterocycles. The van der Waals surface area contributed by atoms with Crippen LogP contribution >= 0.6 is 0 Å². The molecule has 35 heavy (non-hydrogen) atoms. The third kappa shape index (κ3) is 6.03. The summed E-state index contributed by atoms with van der Waals surface area (Å²) < 4.78 is 16.5. The maximum absolute atomic E-state index is 12.4. The number of fused-ring (bicyclic) bond motifs is 1. The number of ether oxygens (including phenoxy) is 3. The molecule has 0 radical (unpaired) electrons. The average molecular weight is 469 g/mol. The molecular formula is C28H24N2O5. The van der Waals surface area contributed by atoms with Gasteiger partial charge in [-0.3, -0.25) is 4.79 Å². The first-order chi connectivity index (χ1) is 17.0. The molecule has 7 heteroatoms. The molecule has 0 aliphatic heterocycles. The summed E-state index contributed by atoms with van der Waals surface area (Å²) in [4.78, 5) is 24.6. The van der Waals surface area contributed by atoms with Gasteiger partial charge in [0.1, 0.15) is 5.75 Å². The van der Waals surface area contributed by atoms with Crippen LogP contribution in [0.1, 0.15) is 21.5 Å². The summed E-state index contributed by atoms with van der Waals surface area (Å²) in [5.74, 6) is 0.387. The number of nitrogens with one attached hydrogen (secondary N) is 1. The van der Waals surface area contributed by atoms with E-state index in [9.17, 15) is 9.59 Å². The van der Waals surface area contributed by atoms with Crippen molar-refractivity contribution in [2.45, 2.75) is 6.92 Å². The monoisotopic (exact) mass is 468 g/mol. The van der Waals surface area contributed by atoms with Crippen molar-refractivity contribution in [3.05, 3.63) is 102 Å². The van der Waals surface area contributed by atoms with Gasteiger partial charge in [-0.05, 0) is 54.3 Å². The first-order valence-electron chi connectivity index (χ1n) is 10.9. The van der Waals surface area contributed by atoms with Crippen LogP contribution < -0.4 is 19.6 Å². The van der Waals surface area contributed by atoms with E-state index >= 15 is 0 Å². The zero-order valence-corrected chi connectivity index (χ0v) is 19.4. The molecule has 0 aliphatic carbocycles. The Hall–Kier alpha value is -4.65. The number of amides is 1. The number of carbonyl (C=O) groups is 2. The van der Waals surface area contributed by atoms with E-state index in [-0.39, 0.29) is 12.4 Å². The van der Waals surface area contributed by atoms with Gasteiger partial charge in [0.25, 0.3) is 5.91 Å². The molecule has 0 atom stereocenters. The maximum Gasteiger partial charge on any atom is 0.343 e. The van der Waals surface area contributed by atoms with E-state index in [0.29, 0.717) is 22.6 Å². The molecule has 0 fully saturated rings. The summed E-state index contributed by atoms with van der Waals surface area (Å²) in [5.41, 5.74) is 4.58. The smallest absolute Gasteiger partial charge is 0.343 e. The van der Waals surface area contributed by atoms with Crippen molar-refractivity contribution in [1.29, 1.82) is 0 Å². The van der Waals surface area contributed by atoms with Crippen LogP contribution in [0, 0.1) is 6.92 Å². The standard InChI is InChI=1S/C28H24N2O5/c1-19-10-13-22(14-11-19)28(32)35-25-15-12-20(16-26(25)33-2)17-29-30-27(31)18-34-24-9-5-7-21-6-3-4-8-23(21)24/h3-17H,18H2,1-2H3,(H,30,31)/b29-17+. The second-order valence-corrected chi connectivity index (χ2v) is 7.72. The first-order valence-corrected chi connectivity index (χ1v) is 10.9. The fourth-order valence-corrected chi connectivity index (χ4v) is 3.37. The zero-order chi connectivity index (χ0) is 24.6. The minimum absolute atomic E-state index is 0.178. The van der Waals surface area contributed by atoms with E-state index in [2.05, 4.69) is 10.5 Å². The molecule has 0 bridgehead atoms. The summed E-state index contributed by atoms with van der Waals surface area (Å²) >= 11 is 0. The second-order valence-electron chi connectivity index (χ2n) is 7.72. The number of esters is 1. The number of rotatable bonds is 8. The van der Waals surface area contributed by atoms with E-state index < -0.39 is 11.9 Å². The van der Waals surface area contributed by atoms with Crippen LogP contribution in [-0.2, 0) is 4.79 Å². The molecule has 0 aliphatic rings. The van der Waals surface area contributed by atoms with Crippen molar-refractivity contribution in [1.82, 2.24) is 5.43 Å². The van der Waals surface area contributed by atoms with Gasteiger partial charge in [-0.15, -0.1) is 0 Å². The van der Waals surface area contributed by atoms with E-state index in [4.69, 9.17) is 14.2 Å². The largest absolute Gasteiger partial charge is 0.493 e. The lowest BCUT2D eigenvalue weighted by molar-refractivity contribution is -0.123. The Morgan fingerprint density at radius 3 is 2.46 bits per heavy atom. The number of aryl methyl sites for hydroxylation is 1. The van der Waals surface area contributed by atoms with Crippen molar-refractivity contribution in [3.63, 3.8) is 0 Å². The Kier molecular flexibility index (Phi) is 7.37. The summed E-state index contributed by atoms with van der Waals surface area (Å²) in [5, 5.41) is 5.93. The van der Waals surface area contributed by atoms with Crippen LogP contribution in [0.4, 0.5) is 0 Å². The van der Waals surface area contributed by atoms with Crippen molar-refractivity contribution in [3.8, 4) is 17.2 Å². The summed E-state index contributed by atoms with van der Waals surface area (Å²) in [6.07, 6.45) is 1.46. The maximum atomic E-state index is 12.4. The quantitative estimate of drug-likeness (QED) is 0.172. The predicted octanol–water partition coefficient (Wildman–Crippen LogP) is 4.91. The number of methoxy groups -OCH3 is 1. The van der Waals surface area contributed by atoms with E-state index in [0.717, 1.165) is 16.3 Å². The number of hydrogen-bond donors (Lipinski definition) is 1. The van der Waals surface area contributed by atoms with Crippen molar-refractivity contribution >= 4 is 28.9 Å². The molecule has 1 amide bonds. The number of benzene rings is 4. The zero-order valence-electron chi connectivity index (χ0n) is 19.4. The molecule has 0 saturated carbocycles. The highest BCUT2D eigenvalue weighted by Gasteiger charge is 2.13. The number of hydrazone groups is 1. The van der Waals surface area contributed by atoms with Gasteiger partial charge in [-0.1, -0.05) is 54.1 Å². The van der Waals surface area contributed by atoms with Gasteiger partial charge < -0.3 is 14.2 Å².